The van der Waals surface area contributed by atoms with Gasteiger partial charge in [-0.3, -0.25) is 0 Å². The maximum Gasteiger partial charge on any atom is 0.345 e. The molecule has 0 amide bonds. The number of anilines is 1. The lowest BCUT2D eigenvalue weighted by Gasteiger charge is -2.21. The molecule has 1 aromatic heterocycles. The minimum absolute atomic E-state index is 0.430. The van der Waals surface area contributed by atoms with Gasteiger partial charge in [0.05, 0.1) is 0 Å². The molecule has 4 heteroatoms. The predicted octanol–water partition coefficient (Wildman–Crippen LogP) is 2.68. The Morgan fingerprint density at radius 1 is 1.67 bits per heavy atom. The third-order valence-corrected chi connectivity index (χ3v) is 3.62. The van der Waals surface area contributed by atoms with Crippen molar-refractivity contribution in [2.24, 2.45) is 5.92 Å². The fraction of sp³-hybridized carbons (Fsp3) is 0.545. The fourth-order valence-corrected chi connectivity index (χ4v) is 2.39. The lowest BCUT2D eigenvalue weighted by Crippen LogP contribution is -2.24. The van der Waals surface area contributed by atoms with E-state index in [1.54, 1.807) is 6.07 Å². The summed E-state index contributed by atoms with van der Waals surface area (Å²) in [7, 11) is 0. The molecule has 0 bridgehead atoms. The topological polar surface area (TPSA) is 40.5 Å². The fourth-order valence-electron chi connectivity index (χ4n) is 1.63. The van der Waals surface area contributed by atoms with Gasteiger partial charge in [0.2, 0.25) is 0 Å². The number of carboxylic acids is 1. The number of carbonyl (C=O) groups is 1. The number of carboxylic acid groups (broad SMARTS) is 1. The van der Waals surface area contributed by atoms with Crippen molar-refractivity contribution in [2.75, 3.05) is 18.0 Å². The quantitative estimate of drug-likeness (QED) is 0.837. The first-order valence-electron chi connectivity index (χ1n) is 5.27. The second kappa shape index (κ2) is 4.23. The number of thiophene rings is 1. The average Bonchev–Trinajstić information content (AvgIpc) is 2.89. The largest absolute Gasteiger partial charge is 0.477 e. The Labute approximate surface area is 93.3 Å². The maximum absolute atomic E-state index is 10.8. The van der Waals surface area contributed by atoms with Crippen LogP contribution >= 0.6 is 11.3 Å². The number of nitrogens with zero attached hydrogens (tertiary/aromatic N) is 1. The van der Waals surface area contributed by atoms with E-state index in [9.17, 15) is 4.79 Å². The molecule has 1 aliphatic carbocycles. The van der Waals surface area contributed by atoms with Crippen LogP contribution in [0.15, 0.2) is 11.4 Å². The van der Waals surface area contributed by atoms with Crippen LogP contribution in [-0.2, 0) is 0 Å². The van der Waals surface area contributed by atoms with Crippen LogP contribution in [0.4, 0.5) is 5.69 Å². The second-order valence-electron chi connectivity index (χ2n) is 3.96. The Kier molecular flexibility index (Phi) is 2.95. The Hall–Kier alpha value is -1.03. The van der Waals surface area contributed by atoms with Gasteiger partial charge in [-0.15, -0.1) is 11.3 Å². The van der Waals surface area contributed by atoms with Crippen molar-refractivity contribution in [1.29, 1.82) is 0 Å². The van der Waals surface area contributed by atoms with E-state index in [1.165, 1.54) is 24.2 Å². The first-order chi connectivity index (χ1) is 7.20. The van der Waals surface area contributed by atoms with Crippen molar-refractivity contribution in [3.8, 4) is 0 Å². The summed E-state index contributed by atoms with van der Waals surface area (Å²) in [6.07, 6.45) is 2.65. The van der Waals surface area contributed by atoms with Crippen LogP contribution in [-0.4, -0.2) is 24.2 Å². The third-order valence-electron chi connectivity index (χ3n) is 2.72. The van der Waals surface area contributed by atoms with Gasteiger partial charge < -0.3 is 10.0 Å². The molecule has 15 heavy (non-hydrogen) atoms. The minimum atomic E-state index is -0.825. The Balaban J connectivity index is 2.07. The van der Waals surface area contributed by atoms with Crippen molar-refractivity contribution >= 4 is 23.0 Å². The molecule has 2 rings (SSSR count). The third kappa shape index (κ3) is 2.50. The number of aromatic carboxylic acids is 1. The van der Waals surface area contributed by atoms with Gasteiger partial charge in [-0.2, -0.15) is 0 Å². The van der Waals surface area contributed by atoms with Crippen molar-refractivity contribution in [3.63, 3.8) is 0 Å². The van der Waals surface area contributed by atoms with E-state index >= 15 is 0 Å². The van der Waals surface area contributed by atoms with Gasteiger partial charge in [-0.25, -0.2) is 4.79 Å². The first-order valence-corrected chi connectivity index (χ1v) is 6.15. The minimum Gasteiger partial charge on any atom is -0.477 e. The summed E-state index contributed by atoms with van der Waals surface area (Å²) >= 11 is 1.31. The van der Waals surface area contributed by atoms with E-state index < -0.39 is 5.97 Å². The Morgan fingerprint density at radius 3 is 2.87 bits per heavy atom. The molecule has 0 aromatic carbocycles. The van der Waals surface area contributed by atoms with E-state index in [2.05, 4.69) is 11.8 Å². The predicted molar refractivity (Wildman–Crippen MR) is 61.9 cm³/mol. The summed E-state index contributed by atoms with van der Waals surface area (Å²) in [5.74, 6) is 0.00635. The van der Waals surface area contributed by atoms with Gasteiger partial charge in [0.15, 0.2) is 0 Å². The summed E-state index contributed by atoms with van der Waals surface area (Å²) in [5, 5.41) is 10.8. The number of hydrogen-bond donors (Lipinski definition) is 1. The smallest absolute Gasteiger partial charge is 0.345 e. The Morgan fingerprint density at radius 2 is 2.40 bits per heavy atom. The molecule has 1 saturated carbocycles. The van der Waals surface area contributed by atoms with Crippen molar-refractivity contribution in [1.82, 2.24) is 0 Å². The van der Waals surface area contributed by atoms with Gasteiger partial charge >= 0.3 is 5.97 Å². The van der Waals surface area contributed by atoms with Crippen LogP contribution in [0.3, 0.4) is 0 Å². The van der Waals surface area contributed by atoms with Crippen molar-refractivity contribution < 1.29 is 9.90 Å². The maximum atomic E-state index is 10.8. The van der Waals surface area contributed by atoms with E-state index in [0.29, 0.717) is 4.88 Å². The highest BCUT2D eigenvalue weighted by atomic mass is 32.1. The van der Waals surface area contributed by atoms with Crippen LogP contribution in [0.5, 0.6) is 0 Å². The highest BCUT2D eigenvalue weighted by Crippen LogP contribution is 2.32. The molecule has 1 fully saturated rings. The summed E-state index contributed by atoms with van der Waals surface area (Å²) in [4.78, 5) is 13.4. The summed E-state index contributed by atoms with van der Waals surface area (Å²) in [6, 6.07) is 1.78. The molecule has 1 N–H and O–H groups in total. The monoisotopic (exact) mass is 225 g/mol. The van der Waals surface area contributed by atoms with Crippen molar-refractivity contribution in [3.05, 3.63) is 16.3 Å². The molecule has 1 aromatic rings. The van der Waals surface area contributed by atoms with Crippen LogP contribution in [0.2, 0.25) is 0 Å². The molecule has 0 saturated heterocycles. The molecule has 3 nitrogen and oxygen atoms in total. The van der Waals surface area contributed by atoms with Crippen LogP contribution < -0.4 is 4.90 Å². The van der Waals surface area contributed by atoms with Crippen LogP contribution in [0.1, 0.15) is 29.4 Å². The lowest BCUT2D eigenvalue weighted by atomic mass is 10.3. The zero-order valence-electron chi connectivity index (χ0n) is 8.77. The zero-order chi connectivity index (χ0) is 10.8. The molecule has 0 radical (unpaired) electrons. The molecule has 0 atom stereocenters. The van der Waals surface area contributed by atoms with Gasteiger partial charge in [0, 0.05) is 24.2 Å². The molecule has 0 spiro atoms. The van der Waals surface area contributed by atoms with E-state index in [0.717, 1.165) is 24.7 Å². The summed E-state index contributed by atoms with van der Waals surface area (Å²) in [6.45, 7) is 4.14. The van der Waals surface area contributed by atoms with Crippen LogP contribution in [0.25, 0.3) is 0 Å². The van der Waals surface area contributed by atoms with E-state index in [-0.39, 0.29) is 0 Å². The van der Waals surface area contributed by atoms with Gasteiger partial charge in [0.1, 0.15) is 4.88 Å². The zero-order valence-corrected chi connectivity index (χ0v) is 9.59. The van der Waals surface area contributed by atoms with Crippen LogP contribution in [0, 0.1) is 5.92 Å². The normalized spacial score (nSPS) is 15.3. The van der Waals surface area contributed by atoms with E-state index in [1.807, 2.05) is 5.38 Å². The highest BCUT2D eigenvalue weighted by molar-refractivity contribution is 7.12. The van der Waals surface area contributed by atoms with Gasteiger partial charge in [0.25, 0.3) is 0 Å². The van der Waals surface area contributed by atoms with Crippen molar-refractivity contribution in [2.45, 2.75) is 19.8 Å². The molecule has 1 heterocycles. The molecule has 0 aliphatic heterocycles. The molecular weight excluding hydrogens is 210 g/mol. The molecule has 82 valence electrons. The molecule has 0 unspecified atom stereocenters. The van der Waals surface area contributed by atoms with Gasteiger partial charge in [-0.1, -0.05) is 0 Å². The standard InChI is InChI=1S/C11H15NO2S/c1-2-12(6-8-3-4-8)9-5-10(11(13)14)15-7-9/h5,7-8H,2-4,6H2,1H3,(H,13,14). The summed E-state index contributed by atoms with van der Waals surface area (Å²) < 4.78 is 0. The molecule has 1 aliphatic rings. The number of rotatable bonds is 5. The lowest BCUT2D eigenvalue weighted by molar-refractivity contribution is 0.0702. The van der Waals surface area contributed by atoms with Gasteiger partial charge in [-0.05, 0) is 31.7 Å². The second-order valence-corrected chi connectivity index (χ2v) is 4.87. The average molecular weight is 225 g/mol. The van der Waals surface area contributed by atoms with E-state index in [4.69, 9.17) is 5.11 Å². The SMILES string of the molecule is CCN(CC1CC1)c1csc(C(=O)O)c1. The summed E-state index contributed by atoms with van der Waals surface area (Å²) in [5.41, 5.74) is 1.06. The Bertz CT molecular complexity index is 357. The first kappa shape index (κ1) is 10.5. The molecular formula is C11H15NO2S. The highest BCUT2D eigenvalue weighted by Gasteiger charge is 2.24. The number of hydrogen-bond acceptors (Lipinski definition) is 3.